The van der Waals surface area contributed by atoms with Crippen LogP contribution in [0.1, 0.15) is 48.9 Å². The average molecular weight is 367 g/mol. The van der Waals surface area contributed by atoms with E-state index in [1.54, 1.807) is 0 Å². The van der Waals surface area contributed by atoms with Crippen molar-refractivity contribution < 1.29 is 4.79 Å². The molecule has 0 N–H and O–H groups in total. The molecule has 144 valence electrons. The van der Waals surface area contributed by atoms with Crippen molar-refractivity contribution in [3.8, 4) is 0 Å². The number of nitrogens with zero attached hydrogens (tertiary/aromatic N) is 4. The molecule has 0 unspecified atom stereocenters. The van der Waals surface area contributed by atoms with E-state index in [1.165, 1.54) is 5.56 Å². The summed E-state index contributed by atoms with van der Waals surface area (Å²) in [5, 5.41) is 4.65. The Balaban J connectivity index is 1.44. The lowest BCUT2D eigenvalue weighted by Gasteiger charge is -2.34. The van der Waals surface area contributed by atoms with Crippen LogP contribution in [0.15, 0.2) is 36.4 Å². The molecule has 5 heteroatoms. The molecule has 5 nitrogen and oxygen atoms in total. The van der Waals surface area contributed by atoms with Crippen molar-refractivity contribution in [2.24, 2.45) is 5.92 Å². The third-order valence-corrected chi connectivity index (χ3v) is 5.81. The van der Waals surface area contributed by atoms with Crippen molar-refractivity contribution in [3.63, 3.8) is 0 Å². The highest BCUT2D eigenvalue weighted by molar-refractivity contribution is 5.93. The van der Waals surface area contributed by atoms with E-state index < -0.39 is 0 Å². The summed E-state index contributed by atoms with van der Waals surface area (Å²) in [6.45, 7) is 9.97. The maximum Gasteiger partial charge on any atom is 0.272 e. The van der Waals surface area contributed by atoms with Gasteiger partial charge in [-0.3, -0.25) is 14.4 Å². The number of aryl methyl sites for hydroxylation is 1. The molecule has 2 aliphatic rings. The predicted molar refractivity (Wildman–Crippen MR) is 107 cm³/mol. The average Bonchev–Trinajstić information content (AvgIpc) is 3.35. The first-order chi connectivity index (χ1) is 13.0. The van der Waals surface area contributed by atoms with Crippen molar-refractivity contribution in [3.05, 3.63) is 53.3 Å². The van der Waals surface area contributed by atoms with Crippen LogP contribution >= 0.6 is 0 Å². The van der Waals surface area contributed by atoms with Gasteiger partial charge >= 0.3 is 0 Å². The van der Waals surface area contributed by atoms with Gasteiger partial charge in [-0.15, -0.1) is 0 Å². The summed E-state index contributed by atoms with van der Waals surface area (Å²) < 4.78 is 1.88. The lowest BCUT2D eigenvalue weighted by atomic mass is 10.1. The lowest BCUT2D eigenvalue weighted by molar-refractivity contribution is 0.0604. The Bertz CT molecular complexity index is 798. The number of likely N-dealkylation sites (tertiary alicyclic amines) is 2. The molecule has 0 saturated carbocycles. The van der Waals surface area contributed by atoms with Gasteiger partial charge in [-0.25, -0.2) is 0 Å². The van der Waals surface area contributed by atoms with E-state index in [0.29, 0.717) is 18.0 Å². The van der Waals surface area contributed by atoms with Gasteiger partial charge in [0.2, 0.25) is 0 Å². The normalized spacial score (nSPS) is 22.1. The Morgan fingerprint density at radius 3 is 2.59 bits per heavy atom. The van der Waals surface area contributed by atoms with Crippen molar-refractivity contribution in [2.75, 3.05) is 13.1 Å². The highest BCUT2D eigenvalue weighted by Gasteiger charge is 2.45. The fourth-order valence-electron chi connectivity index (χ4n) is 4.56. The quantitative estimate of drug-likeness (QED) is 0.788. The summed E-state index contributed by atoms with van der Waals surface area (Å²) in [7, 11) is 0. The second-order valence-electron chi connectivity index (χ2n) is 8.35. The number of carbonyl (C=O) groups is 1. The van der Waals surface area contributed by atoms with E-state index in [-0.39, 0.29) is 5.91 Å². The molecule has 2 fully saturated rings. The Kier molecular flexibility index (Phi) is 5.04. The summed E-state index contributed by atoms with van der Waals surface area (Å²) in [4.78, 5) is 17.9. The van der Waals surface area contributed by atoms with E-state index in [4.69, 9.17) is 0 Å². The molecular formula is C22H30N4O. The van der Waals surface area contributed by atoms with Crippen LogP contribution in [-0.4, -0.2) is 50.7 Å². The summed E-state index contributed by atoms with van der Waals surface area (Å²) in [5.74, 6) is 0.703. The topological polar surface area (TPSA) is 41.4 Å². The van der Waals surface area contributed by atoms with Crippen LogP contribution in [0.3, 0.4) is 0 Å². The molecule has 0 aliphatic carbocycles. The van der Waals surface area contributed by atoms with Gasteiger partial charge in [-0.05, 0) is 37.3 Å². The first-order valence-corrected chi connectivity index (χ1v) is 10.2. The van der Waals surface area contributed by atoms with Gasteiger partial charge in [0.25, 0.3) is 5.91 Å². The van der Waals surface area contributed by atoms with Crippen LogP contribution in [0.5, 0.6) is 0 Å². The molecule has 0 spiro atoms. The smallest absolute Gasteiger partial charge is 0.272 e. The van der Waals surface area contributed by atoms with Gasteiger partial charge in [-0.2, -0.15) is 5.10 Å². The third kappa shape index (κ3) is 3.65. The molecule has 2 atom stereocenters. The minimum atomic E-state index is 0.159. The Hall–Kier alpha value is -2.14. The number of amides is 1. The highest BCUT2D eigenvalue weighted by atomic mass is 16.2. The minimum Gasteiger partial charge on any atom is -0.331 e. The van der Waals surface area contributed by atoms with Crippen LogP contribution in [0, 0.1) is 5.92 Å². The number of fused-ring (bicyclic) bond motifs is 2. The van der Waals surface area contributed by atoms with E-state index in [9.17, 15) is 4.79 Å². The first-order valence-electron chi connectivity index (χ1n) is 10.2. The van der Waals surface area contributed by atoms with E-state index in [1.807, 2.05) is 10.7 Å². The Morgan fingerprint density at radius 1 is 1.19 bits per heavy atom. The molecule has 1 aromatic carbocycles. The zero-order valence-electron chi connectivity index (χ0n) is 16.6. The van der Waals surface area contributed by atoms with E-state index in [0.717, 1.165) is 50.4 Å². The fraction of sp³-hybridized carbons (Fsp3) is 0.545. The number of benzene rings is 1. The summed E-state index contributed by atoms with van der Waals surface area (Å²) in [6.07, 6.45) is 2.02. The molecule has 27 heavy (non-hydrogen) atoms. The second-order valence-corrected chi connectivity index (χ2v) is 8.35. The van der Waals surface area contributed by atoms with Crippen molar-refractivity contribution in [1.82, 2.24) is 19.6 Å². The van der Waals surface area contributed by atoms with Crippen molar-refractivity contribution >= 4 is 5.91 Å². The number of rotatable bonds is 6. The molecule has 2 aliphatic heterocycles. The molecule has 3 heterocycles. The minimum absolute atomic E-state index is 0.159. The molecule has 1 aromatic heterocycles. The maximum atomic E-state index is 13.2. The van der Waals surface area contributed by atoms with Crippen LogP contribution < -0.4 is 0 Å². The number of hydrogen-bond donors (Lipinski definition) is 0. The molecule has 0 radical (unpaired) electrons. The van der Waals surface area contributed by atoms with Gasteiger partial charge in [-0.1, -0.05) is 44.2 Å². The molecule has 4 rings (SSSR count). The number of piperazine rings is 1. The van der Waals surface area contributed by atoms with Crippen LogP contribution in [0.25, 0.3) is 0 Å². The summed E-state index contributed by atoms with van der Waals surface area (Å²) in [5.41, 5.74) is 3.14. The van der Waals surface area contributed by atoms with E-state index >= 15 is 0 Å². The molecule has 1 amide bonds. The lowest BCUT2D eigenvalue weighted by Crippen LogP contribution is -2.48. The zero-order valence-corrected chi connectivity index (χ0v) is 16.6. The monoisotopic (exact) mass is 366 g/mol. The first kappa shape index (κ1) is 18.2. The van der Waals surface area contributed by atoms with Crippen LogP contribution in [0.4, 0.5) is 0 Å². The predicted octanol–water partition coefficient (Wildman–Crippen LogP) is 3.20. The Labute approximate surface area is 162 Å². The van der Waals surface area contributed by atoms with Crippen LogP contribution in [-0.2, 0) is 19.5 Å². The number of aromatic nitrogens is 2. The van der Waals surface area contributed by atoms with E-state index in [2.05, 4.69) is 66.0 Å². The number of hydrogen-bond acceptors (Lipinski definition) is 3. The number of carbonyl (C=O) groups excluding carboxylic acids is 1. The molecule has 2 aromatic rings. The standard InChI is InChI=1S/C22H30N4O/c1-4-26-21(11-18(23-26)10-16(2)3)22(27)25-15-19-12-20(25)14-24(19)13-17-8-6-5-7-9-17/h5-9,11,16,19-20H,4,10,12-15H2,1-3H3/t19-,20-/m0/s1. The largest absolute Gasteiger partial charge is 0.331 e. The van der Waals surface area contributed by atoms with Gasteiger partial charge in [0.15, 0.2) is 0 Å². The van der Waals surface area contributed by atoms with Gasteiger partial charge in [0, 0.05) is 38.3 Å². The summed E-state index contributed by atoms with van der Waals surface area (Å²) in [6, 6.07) is 13.5. The van der Waals surface area contributed by atoms with Gasteiger partial charge < -0.3 is 4.90 Å². The summed E-state index contributed by atoms with van der Waals surface area (Å²) >= 11 is 0. The van der Waals surface area contributed by atoms with Gasteiger partial charge in [0.1, 0.15) is 5.69 Å². The third-order valence-electron chi connectivity index (χ3n) is 5.81. The molecule has 2 bridgehead atoms. The molecule has 2 saturated heterocycles. The zero-order chi connectivity index (χ0) is 19.0. The second kappa shape index (κ2) is 7.47. The van der Waals surface area contributed by atoms with Crippen molar-refractivity contribution in [2.45, 2.75) is 58.8 Å². The van der Waals surface area contributed by atoms with Crippen LogP contribution in [0.2, 0.25) is 0 Å². The van der Waals surface area contributed by atoms with Crippen molar-refractivity contribution in [1.29, 1.82) is 0 Å². The molecular weight excluding hydrogens is 336 g/mol. The maximum absolute atomic E-state index is 13.2. The SMILES string of the molecule is CCn1nc(CC(C)C)cc1C(=O)N1C[C@@H]2C[C@H]1CN2Cc1ccccc1. The Morgan fingerprint density at radius 2 is 1.96 bits per heavy atom. The fourth-order valence-corrected chi connectivity index (χ4v) is 4.56. The highest BCUT2D eigenvalue weighted by Crippen LogP contribution is 2.33. The van der Waals surface area contributed by atoms with Gasteiger partial charge in [0.05, 0.1) is 5.69 Å².